The van der Waals surface area contributed by atoms with E-state index in [1.165, 1.54) is 7.05 Å². The minimum absolute atomic E-state index is 0.0405. The van der Waals surface area contributed by atoms with Gasteiger partial charge in [-0.25, -0.2) is 9.48 Å². The molecule has 0 amide bonds. The average Bonchev–Trinajstić information content (AvgIpc) is 2.87. The molecule has 0 N–H and O–H groups in total. The molecule has 23 heavy (non-hydrogen) atoms. The van der Waals surface area contributed by atoms with Crippen molar-refractivity contribution in [2.24, 2.45) is 7.05 Å². The number of esters is 1. The van der Waals surface area contributed by atoms with E-state index >= 15 is 0 Å². The molecular weight excluding hydrogens is 298 g/mol. The standard InChI is InChI=1S/C16H15N3O4/c1-9-13(10(2)23-18-9)8-22-16(21)14-11-6-4-5-7-12(11)15(20)19(3)17-14/h4-7H,8H2,1-3H3. The summed E-state index contributed by atoms with van der Waals surface area (Å²) in [7, 11) is 1.50. The molecule has 0 radical (unpaired) electrons. The van der Waals surface area contributed by atoms with E-state index in [1.807, 2.05) is 0 Å². The summed E-state index contributed by atoms with van der Waals surface area (Å²) in [6, 6.07) is 6.82. The molecule has 3 rings (SSSR count). The summed E-state index contributed by atoms with van der Waals surface area (Å²) in [6.07, 6.45) is 0. The summed E-state index contributed by atoms with van der Waals surface area (Å²) in [5.74, 6) is 0.00498. The molecule has 1 aromatic carbocycles. The summed E-state index contributed by atoms with van der Waals surface area (Å²) in [4.78, 5) is 24.5. The minimum atomic E-state index is -0.600. The van der Waals surface area contributed by atoms with Crippen LogP contribution in [-0.4, -0.2) is 20.9 Å². The first-order valence-electron chi connectivity index (χ1n) is 7.04. The lowest BCUT2D eigenvalue weighted by Gasteiger charge is -2.08. The van der Waals surface area contributed by atoms with Crippen LogP contribution in [0.1, 0.15) is 27.5 Å². The molecule has 0 bridgehead atoms. The van der Waals surface area contributed by atoms with Crippen molar-refractivity contribution in [3.8, 4) is 0 Å². The zero-order valence-corrected chi connectivity index (χ0v) is 13.0. The summed E-state index contributed by atoms with van der Waals surface area (Å²) in [5, 5.41) is 8.75. The van der Waals surface area contributed by atoms with Gasteiger partial charge in [0.25, 0.3) is 5.56 Å². The van der Waals surface area contributed by atoms with Gasteiger partial charge in [-0.1, -0.05) is 23.4 Å². The number of aromatic nitrogens is 3. The summed E-state index contributed by atoms with van der Waals surface area (Å²) in [6.45, 7) is 3.57. The fourth-order valence-electron chi connectivity index (χ4n) is 2.36. The lowest BCUT2D eigenvalue weighted by atomic mass is 10.1. The lowest BCUT2D eigenvalue weighted by Crippen LogP contribution is -2.23. The molecule has 7 heteroatoms. The van der Waals surface area contributed by atoms with Crippen molar-refractivity contribution in [1.29, 1.82) is 0 Å². The molecule has 0 aliphatic rings. The van der Waals surface area contributed by atoms with Crippen molar-refractivity contribution < 1.29 is 14.1 Å². The number of hydrogen-bond acceptors (Lipinski definition) is 6. The highest BCUT2D eigenvalue weighted by molar-refractivity contribution is 6.02. The number of benzene rings is 1. The summed E-state index contributed by atoms with van der Waals surface area (Å²) >= 11 is 0. The van der Waals surface area contributed by atoms with Crippen molar-refractivity contribution in [3.63, 3.8) is 0 Å². The van der Waals surface area contributed by atoms with Crippen molar-refractivity contribution in [3.05, 3.63) is 57.3 Å². The Labute approximate surface area is 131 Å². The predicted octanol–water partition coefficient (Wildman–Crippen LogP) is 1.90. The number of carbonyl (C=O) groups excluding carboxylic acids is 1. The first-order valence-corrected chi connectivity index (χ1v) is 7.04. The van der Waals surface area contributed by atoms with Gasteiger partial charge in [0.05, 0.1) is 16.6 Å². The molecule has 2 heterocycles. The largest absolute Gasteiger partial charge is 0.456 e. The number of carbonyl (C=O) groups is 1. The van der Waals surface area contributed by atoms with Crippen LogP contribution >= 0.6 is 0 Å². The summed E-state index contributed by atoms with van der Waals surface area (Å²) < 4.78 is 11.5. The number of fused-ring (bicyclic) bond motifs is 1. The van der Waals surface area contributed by atoms with Gasteiger partial charge in [0.1, 0.15) is 12.4 Å². The molecule has 0 saturated heterocycles. The van der Waals surface area contributed by atoms with E-state index in [4.69, 9.17) is 9.26 Å². The van der Waals surface area contributed by atoms with Gasteiger partial charge in [0, 0.05) is 12.4 Å². The maximum Gasteiger partial charge on any atom is 0.359 e. The van der Waals surface area contributed by atoms with Crippen LogP contribution in [0, 0.1) is 13.8 Å². The fraction of sp³-hybridized carbons (Fsp3) is 0.250. The van der Waals surface area contributed by atoms with Gasteiger partial charge in [-0.15, -0.1) is 0 Å². The third kappa shape index (κ3) is 2.61. The first kappa shape index (κ1) is 15.0. The number of aryl methyl sites for hydroxylation is 3. The molecule has 7 nitrogen and oxygen atoms in total. The van der Waals surface area contributed by atoms with E-state index in [-0.39, 0.29) is 17.9 Å². The molecule has 0 spiro atoms. The van der Waals surface area contributed by atoms with Crippen LogP contribution in [0.3, 0.4) is 0 Å². The Morgan fingerprint density at radius 1 is 1.26 bits per heavy atom. The monoisotopic (exact) mass is 313 g/mol. The van der Waals surface area contributed by atoms with Gasteiger partial charge in [-0.3, -0.25) is 4.79 Å². The zero-order chi connectivity index (χ0) is 16.6. The van der Waals surface area contributed by atoms with E-state index in [2.05, 4.69) is 10.3 Å². The molecule has 2 aromatic heterocycles. The van der Waals surface area contributed by atoms with Gasteiger partial charge >= 0.3 is 5.97 Å². The highest BCUT2D eigenvalue weighted by Crippen LogP contribution is 2.17. The molecule has 0 unspecified atom stereocenters. The maximum atomic E-state index is 12.4. The lowest BCUT2D eigenvalue weighted by molar-refractivity contribution is 0.0463. The number of nitrogens with zero attached hydrogens (tertiary/aromatic N) is 3. The van der Waals surface area contributed by atoms with Crippen LogP contribution < -0.4 is 5.56 Å². The third-order valence-electron chi connectivity index (χ3n) is 3.68. The molecule has 0 atom stereocenters. The molecular formula is C16H15N3O4. The van der Waals surface area contributed by atoms with Gasteiger partial charge in [0.15, 0.2) is 5.69 Å². The highest BCUT2D eigenvalue weighted by atomic mass is 16.5. The highest BCUT2D eigenvalue weighted by Gasteiger charge is 2.18. The van der Waals surface area contributed by atoms with E-state index in [0.29, 0.717) is 22.2 Å². The van der Waals surface area contributed by atoms with Gasteiger partial charge in [0.2, 0.25) is 0 Å². The minimum Gasteiger partial charge on any atom is -0.456 e. The molecule has 3 aromatic rings. The number of rotatable bonds is 3. The van der Waals surface area contributed by atoms with E-state index < -0.39 is 5.97 Å². The molecule has 118 valence electrons. The zero-order valence-electron chi connectivity index (χ0n) is 13.0. The Kier molecular flexibility index (Phi) is 3.69. The SMILES string of the molecule is Cc1noc(C)c1COC(=O)c1nn(C)c(=O)c2ccccc12. The van der Waals surface area contributed by atoms with Crippen LogP contribution in [0.25, 0.3) is 10.8 Å². The van der Waals surface area contributed by atoms with Crippen LogP contribution in [0.2, 0.25) is 0 Å². The Bertz CT molecular complexity index is 936. The number of hydrogen-bond donors (Lipinski definition) is 0. The molecule has 0 saturated carbocycles. The first-order chi connectivity index (χ1) is 11.0. The Hall–Kier alpha value is -2.96. The topological polar surface area (TPSA) is 87.2 Å². The van der Waals surface area contributed by atoms with Crippen LogP contribution in [0.15, 0.2) is 33.6 Å². The van der Waals surface area contributed by atoms with E-state index in [1.54, 1.807) is 38.1 Å². The van der Waals surface area contributed by atoms with Crippen molar-refractivity contribution in [2.75, 3.05) is 0 Å². The Balaban J connectivity index is 1.96. The molecule has 0 fully saturated rings. The Morgan fingerprint density at radius 3 is 2.61 bits per heavy atom. The van der Waals surface area contributed by atoms with Crippen LogP contribution in [0.5, 0.6) is 0 Å². The average molecular weight is 313 g/mol. The van der Waals surface area contributed by atoms with Crippen molar-refractivity contribution in [2.45, 2.75) is 20.5 Å². The number of ether oxygens (including phenoxy) is 1. The van der Waals surface area contributed by atoms with Gasteiger partial charge in [-0.2, -0.15) is 5.10 Å². The molecule has 0 aliphatic heterocycles. The van der Waals surface area contributed by atoms with Crippen molar-refractivity contribution in [1.82, 2.24) is 14.9 Å². The van der Waals surface area contributed by atoms with Crippen LogP contribution in [0.4, 0.5) is 0 Å². The van der Waals surface area contributed by atoms with E-state index in [9.17, 15) is 9.59 Å². The second-order valence-corrected chi connectivity index (χ2v) is 5.20. The second-order valence-electron chi connectivity index (χ2n) is 5.20. The van der Waals surface area contributed by atoms with E-state index in [0.717, 1.165) is 10.2 Å². The van der Waals surface area contributed by atoms with Crippen molar-refractivity contribution >= 4 is 16.7 Å². The second kappa shape index (κ2) is 5.68. The molecule has 0 aliphatic carbocycles. The van der Waals surface area contributed by atoms with Gasteiger partial charge < -0.3 is 9.26 Å². The normalized spacial score (nSPS) is 10.9. The van der Waals surface area contributed by atoms with Crippen LogP contribution in [-0.2, 0) is 18.4 Å². The predicted molar refractivity (Wildman–Crippen MR) is 82.1 cm³/mol. The maximum absolute atomic E-state index is 12.4. The van der Waals surface area contributed by atoms with Gasteiger partial charge in [-0.05, 0) is 19.9 Å². The fourth-order valence-corrected chi connectivity index (χ4v) is 2.36. The Morgan fingerprint density at radius 2 is 1.96 bits per heavy atom. The summed E-state index contributed by atoms with van der Waals surface area (Å²) in [5.41, 5.74) is 1.25. The smallest absolute Gasteiger partial charge is 0.359 e. The third-order valence-corrected chi connectivity index (χ3v) is 3.68. The quantitative estimate of drug-likeness (QED) is 0.686.